The molecule has 1 atom stereocenters. The van der Waals surface area contributed by atoms with Crippen LogP contribution in [0.4, 0.5) is 4.79 Å². The van der Waals surface area contributed by atoms with E-state index in [1.54, 1.807) is 29.5 Å². The predicted molar refractivity (Wildman–Crippen MR) is 73.0 cm³/mol. The second-order valence-electron chi connectivity index (χ2n) is 4.65. The molecule has 0 bridgehead atoms. The first kappa shape index (κ1) is 14.4. The lowest BCUT2D eigenvalue weighted by Gasteiger charge is -2.16. The minimum absolute atomic E-state index is 0.0648. The molecule has 0 aromatic carbocycles. The lowest BCUT2D eigenvalue weighted by atomic mass is 10.1. The Bertz CT molecular complexity index is 543. The Kier molecular flexibility index (Phi) is 4.33. The fraction of sp³-hybridized carbons (Fsp3) is 0.500. The van der Waals surface area contributed by atoms with E-state index in [0.717, 1.165) is 9.88 Å². The largest absolute Gasteiger partial charge is 0.341 e. The van der Waals surface area contributed by atoms with Gasteiger partial charge in [-0.25, -0.2) is 9.78 Å². The Balaban J connectivity index is 1.79. The molecule has 0 aliphatic carbocycles. The van der Waals surface area contributed by atoms with Crippen molar-refractivity contribution < 1.29 is 14.4 Å². The van der Waals surface area contributed by atoms with Gasteiger partial charge < -0.3 is 10.2 Å². The molecule has 0 radical (unpaired) electrons. The van der Waals surface area contributed by atoms with Crippen LogP contribution in [-0.4, -0.2) is 40.8 Å². The summed E-state index contributed by atoms with van der Waals surface area (Å²) < 4.78 is 0. The van der Waals surface area contributed by atoms with Crippen molar-refractivity contribution in [3.05, 3.63) is 16.1 Å². The van der Waals surface area contributed by atoms with Gasteiger partial charge in [-0.2, -0.15) is 0 Å². The fourth-order valence-corrected chi connectivity index (χ4v) is 2.77. The zero-order chi connectivity index (χ0) is 14.7. The molecule has 1 fully saturated rings. The summed E-state index contributed by atoms with van der Waals surface area (Å²) in [5.41, 5.74) is 0. The van der Waals surface area contributed by atoms with E-state index in [2.05, 4.69) is 15.6 Å². The number of amides is 4. The number of aromatic nitrogens is 1. The number of nitrogens with one attached hydrogen (secondary N) is 2. The zero-order valence-electron chi connectivity index (χ0n) is 11.3. The summed E-state index contributed by atoms with van der Waals surface area (Å²) in [6.07, 6.45) is 2.28. The van der Waals surface area contributed by atoms with Crippen molar-refractivity contribution in [2.75, 3.05) is 7.05 Å². The molecule has 20 heavy (non-hydrogen) atoms. The van der Waals surface area contributed by atoms with Gasteiger partial charge in [-0.15, -0.1) is 11.3 Å². The van der Waals surface area contributed by atoms with Crippen molar-refractivity contribution in [1.82, 2.24) is 20.5 Å². The van der Waals surface area contributed by atoms with Crippen LogP contribution in [-0.2, 0) is 16.1 Å². The van der Waals surface area contributed by atoms with Crippen LogP contribution in [0.1, 0.15) is 22.7 Å². The number of nitrogens with zero attached hydrogens (tertiary/aromatic N) is 2. The van der Waals surface area contributed by atoms with Gasteiger partial charge in [-0.1, -0.05) is 0 Å². The smallest absolute Gasteiger partial charge is 0.322 e. The number of imide groups is 1. The average molecular weight is 296 g/mol. The fourth-order valence-electron chi connectivity index (χ4n) is 1.92. The lowest BCUT2D eigenvalue weighted by Crippen LogP contribution is -2.32. The average Bonchev–Trinajstić information content (AvgIpc) is 2.92. The van der Waals surface area contributed by atoms with E-state index < -0.39 is 12.1 Å². The number of aryl methyl sites for hydroxylation is 1. The number of thiazole rings is 1. The van der Waals surface area contributed by atoms with Crippen LogP contribution in [0.5, 0.6) is 0 Å². The molecule has 0 saturated carbocycles. The summed E-state index contributed by atoms with van der Waals surface area (Å²) in [5, 5.41) is 5.58. The van der Waals surface area contributed by atoms with Gasteiger partial charge in [0.25, 0.3) is 5.91 Å². The Hall–Kier alpha value is -1.96. The molecule has 1 saturated heterocycles. The predicted octanol–water partition coefficient (Wildman–Crippen LogP) is 0.398. The summed E-state index contributed by atoms with van der Waals surface area (Å²) in [4.78, 5) is 41.0. The highest BCUT2D eigenvalue weighted by atomic mass is 32.1. The van der Waals surface area contributed by atoms with E-state index in [1.807, 2.05) is 6.92 Å². The minimum atomic E-state index is -0.606. The van der Waals surface area contributed by atoms with Gasteiger partial charge in [-0.05, 0) is 13.3 Å². The Labute approximate surface area is 120 Å². The molecule has 2 heterocycles. The molecule has 1 unspecified atom stereocenters. The Morgan fingerprint density at radius 2 is 2.25 bits per heavy atom. The van der Waals surface area contributed by atoms with E-state index in [1.165, 1.54) is 0 Å². The number of rotatable bonds is 5. The second-order valence-corrected chi connectivity index (χ2v) is 5.97. The summed E-state index contributed by atoms with van der Waals surface area (Å²) in [6, 6.07) is -1.11. The van der Waals surface area contributed by atoms with Gasteiger partial charge in [0.2, 0.25) is 5.91 Å². The van der Waals surface area contributed by atoms with Gasteiger partial charge in [0.1, 0.15) is 6.04 Å². The van der Waals surface area contributed by atoms with Gasteiger partial charge in [-0.3, -0.25) is 14.9 Å². The van der Waals surface area contributed by atoms with Crippen molar-refractivity contribution in [3.8, 4) is 0 Å². The molecule has 2 N–H and O–H groups in total. The minimum Gasteiger partial charge on any atom is -0.341 e. The molecule has 108 valence electrons. The van der Waals surface area contributed by atoms with E-state index in [-0.39, 0.29) is 18.2 Å². The van der Waals surface area contributed by atoms with Crippen molar-refractivity contribution >= 4 is 29.2 Å². The highest BCUT2D eigenvalue weighted by Gasteiger charge is 2.29. The molecular formula is C12H16N4O3S. The quantitative estimate of drug-likeness (QED) is 0.769. The second kappa shape index (κ2) is 6.00. The Morgan fingerprint density at radius 1 is 1.50 bits per heavy atom. The number of hydrogen-bond donors (Lipinski definition) is 2. The van der Waals surface area contributed by atoms with Crippen LogP contribution < -0.4 is 10.6 Å². The van der Waals surface area contributed by atoms with Crippen LogP contribution >= 0.6 is 11.3 Å². The topological polar surface area (TPSA) is 91.4 Å². The molecule has 7 nitrogen and oxygen atoms in total. The molecule has 1 aromatic rings. The molecule has 0 spiro atoms. The summed E-state index contributed by atoms with van der Waals surface area (Å²) in [6.45, 7) is 2.42. The maximum atomic E-state index is 12.0. The zero-order valence-corrected chi connectivity index (χ0v) is 12.1. The van der Waals surface area contributed by atoms with Gasteiger partial charge in [0.05, 0.1) is 11.6 Å². The van der Waals surface area contributed by atoms with Crippen LogP contribution in [0.15, 0.2) is 6.20 Å². The number of carbonyl (C=O) groups excluding carboxylic acids is 3. The molecule has 2 rings (SSSR count). The molecule has 8 heteroatoms. The van der Waals surface area contributed by atoms with Crippen molar-refractivity contribution in [3.63, 3.8) is 0 Å². The molecule has 4 amide bonds. The molecule has 1 aromatic heterocycles. The summed E-state index contributed by atoms with van der Waals surface area (Å²) in [5.74, 6) is -0.437. The lowest BCUT2D eigenvalue weighted by molar-refractivity contribution is -0.130. The van der Waals surface area contributed by atoms with Crippen LogP contribution in [0, 0.1) is 6.92 Å². The number of carbonyl (C=O) groups is 3. The third kappa shape index (κ3) is 3.53. The van der Waals surface area contributed by atoms with Gasteiger partial charge in [0, 0.05) is 24.5 Å². The highest BCUT2D eigenvalue weighted by molar-refractivity contribution is 7.11. The summed E-state index contributed by atoms with van der Waals surface area (Å²) >= 11 is 1.55. The Morgan fingerprint density at radius 3 is 2.80 bits per heavy atom. The first-order valence-corrected chi connectivity index (χ1v) is 7.04. The van der Waals surface area contributed by atoms with E-state index >= 15 is 0 Å². The third-order valence-electron chi connectivity index (χ3n) is 2.99. The first-order valence-electron chi connectivity index (χ1n) is 6.22. The number of hydrogen-bond acceptors (Lipinski definition) is 5. The highest BCUT2D eigenvalue weighted by Crippen LogP contribution is 2.14. The normalized spacial score (nSPS) is 17.8. The van der Waals surface area contributed by atoms with Crippen LogP contribution in [0.2, 0.25) is 0 Å². The van der Waals surface area contributed by atoms with E-state index in [0.29, 0.717) is 13.0 Å². The maximum absolute atomic E-state index is 12.0. The monoisotopic (exact) mass is 296 g/mol. The van der Waals surface area contributed by atoms with Crippen molar-refractivity contribution in [2.24, 2.45) is 0 Å². The number of urea groups is 1. The van der Waals surface area contributed by atoms with Gasteiger partial charge in [0.15, 0.2) is 0 Å². The standard InChI is InChI=1S/C12H16N4O3S/c1-7-13-5-8(20-7)6-16(2)10(17)4-3-9-11(18)15-12(19)14-9/h5,9H,3-4,6H2,1-2H3,(H2,14,15,18,19). The van der Waals surface area contributed by atoms with Crippen molar-refractivity contribution in [2.45, 2.75) is 32.4 Å². The van der Waals surface area contributed by atoms with E-state index in [9.17, 15) is 14.4 Å². The summed E-state index contributed by atoms with van der Waals surface area (Å²) in [7, 11) is 1.71. The van der Waals surface area contributed by atoms with Crippen LogP contribution in [0.25, 0.3) is 0 Å². The van der Waals surface area contributed by atoms with Gasteiger partial charge >= 0.3 is 6.03 Å². The maximum Gasteiger partial charge on any atom is 0.322 e. The third-order valence-corrected chi connectivity index (χ3v) is 3.89. The van der Waals surface area contributed by atoms with Crippen molar-refractivity contribution in [1.29, 1.82) is 0 Å². The first-order chi connectivity index (χ1) is 9.45. The van der Waals surface area contributed by atoms with Crippen LogP contribution in [0.3, 0.4) is 0 Å². The molecular weight excluding hydrogens is 280 g/mol. The molecule has 1 aliphatic rings. The molecule has 1 aliphatic heterocycles. The van der Waals surface area contributed by atoms with E-state index in [4.69, 9.17) is 0 Å². The SMILES string of the molecule is Cc1ncc(CN(C)C(=O)CCC2NC(=O)NC2=O)s1.